The molecule has 4 nitrogen and oxygen atoms in total. The standard InChI is InChI=1S/C7H10F3N3O/c1-6(2,14-11)4-3-12-13-5(4)7(8,9)10/h3H,11H2,1-2H3,(H,12,13). The molecule has 0 aromatic carbocycles. The summed E-state index contributed by atoms with van der Waals surface area (Å²) in [5.74, 6) is 4.90. The summed E-state index contributed by atoms with van der Waals surface area (Å²) in [5.41, 5.74) is -2.28. The molecule has 1 rings (SSSR count). The van der Waals surface area contributed by atoms with Crippen molar-refractivity contribution in [2.45, 2.75) is 25.6 Å². The monoisotopic (exact) mass is 209 g/mol. The van der Waals surface area contributed by atoms with Crippen LogP contribution in [0.4, 0.5) is 13.2 Å². The van der Waals surface area contributed by atoms with Crippen molar-refractivity contribution in [3.05, 3.63) is 17.5 Å². The molecule has 0 unspecified atom stereocenters. The molecule has 0 aliphatic carbocycles. The number of rotatable bonds is 2. The third-order valence-electron chi connectivity index (χ3n) is 1.87. The molecule has 0 fully saturated rings. The summed E-state index contributed by atoms with van der Waals surface area (Å²) < 4.78 is 37.1. The summed E-state index contributed by atoms with van der Waals surface area (Å²) in [5, 5.41) is 5.20. The molecule has 3 N–H and O–H groups in total. The van der Waals surface area contributed by atoms with Crippen molar-refractivity contribution < 1.29 is 18.0 Å². The summed E-state index contributed by atoms with van der Waals surface area (Å²) in [6.07, 6.45) is -3.43. The van der Waals surface area contributed by atoms with Crippen LogP contribution in [0, 0.1) is 0 Å². The highest BCUT2D eigenvalue weighted by atomic mass is 19.4. The van der Waals surface area contributed by atoms with E-state index in [2.05, 4.69) is 9.94 Å². The summed E-state index contributed by atoms with van der Waals surface area (Å²) in [7, 11) is 0. The Balaban J connectivity index is 3.18. The molecule has 1 heterocycles. The third-order valence-corrected chi connectivity index (χ3v) is 1.87. The molecule has 0 saturated heterocycles. The number of aromatic amines is 1. The van der Waals surface area contributed by atoms with Crippen LogP contribution in [-0.2, 0) is 16.6 Å². The first-order chi connectivity index (χ1) is 6.29. The third kappa shape index (κ3) is 1.88. The van der Waals surface area contributed by atoms with Crippen LogP contribution in [0.2, 0.25) is 0 Å². The van der Waals surface area contributed by atoms with Gasteiger partial charge in [-0.2, -0.15) is 18.3 Å². The molecule has 0 aliphatic rings. The molecule has 0 saturated carbocycles. The minimum absolute atomic E-state index is 0.118. The molecule has 0 spiro atoms. The van der Waals surface area contributed by atoms with Gasteiger partial charge in [-0.3, -0.25) is 9.94 Å². The van der Waals surface area contributed by atoms with Gasteiger partial charge in [0, 0.05) is 5.56 Å². The maximum atomic E-state index is 12.4. The number of hydrogen-bond donors (Lipinski definition) is 2. The Morgan fingerprint density at radius 2 is 2.00 bits per heavy atom. The van der Waals surface area contributed by atoms with E-state index in [0.717, 1.165) is 6.20 Å². The first-order valence-corrected chi connectivity index (χ1v) is 3.78. The zero-order valence-corrected chi connectivity index (χ0v) is 7.64. The van der Waals surface area contributed by atoms with Gasteiger partial charge in [-0.1, -0.05) is 0 Å². The van der Waals surface area contributed by atoms with Gasteiger partial charge < -0.3 is 0 Å². The molecule has 0 aliphatic heterocycles. The number of alkyl halides is 3. The van der Waals surface area contributed by atoms with Crippen molar-refractivity contribution >= 4 is 0 Å². The van der Waals surface area contributed by atoms with Gasteiger partial charge in [-0.05, 0) is 13.8 Å². The van der Waals surface area contributed by atoms with Crippen molar-refractivity contribution in [3.8, 4) is 0 Å². The van der Waals surface area contributed by atoms with Gasteiger partial charge >= 0.3 is 6.18 Å². The van der Waals surface area contributed by atoms with Gasteiger partial charge in [0.2, 0.25) is 0 Å². The second kappa shape index (κ2) is 3.25. The molecular weight excluding hydrogens is 199 g/mol. The number of nitrogens with two attached hydrogens (primary N) is 1. The Hall–Kier alpha value is -1.08. The van der Waals surface area contributed by atoms with E-state index < -0.39 is 17.5 Å². The molecular formula is C7H10F3N3O. The van der Waals surface area contributed by atoms with E-state index in [1.54, 1.807) is 0 Å². The molecule has 0 bridgehead atoms. The van der Waals surface area contributed by atoms with E-state index in [0.29, 0.717) is 0 Å². The lowest BCUT2D eigenvalue weighted by molar-refractivity contribution is -0.145. The second-order valence-electron chi connectivity index (χ2n) is 3.28. The molecule has 80 valence electrons. The van der Waals surface area contributed by atoms with E-state index in [1.165, 1.54) is 13.8 Å². The Labute approximate surface area is 78.2 Å². The number of halogens is 3. The molecule has 1 aromatic rings. The van der Waals surface area contributed by atoms with Gasteiger partial charge in [0.1, 0.15) is 11.3 Å². The van der Waals surface area contributed by atoms with Crippen LogP contribution in [-0.4, -0.2) is 10.2 Å². The van der Waals surface area contributed by atoms with Gasteiger partial charge in [-0.25, -0.2) is 5.90 Å². The van der Waals surface area contributed by atoms with Crippen LogP contribution in [0.15, 0.2) is 6.20 Å². The highest BCUT2D eigenvalue weighted by Crippen LogP contribution is 2.35. The summed E-state index contributed by atoms with van der Waals surface area (Å²) in [6, 6.07) is 0. The molecule has 0 amide bonds. The predicted molar refractivity (Wildman–Crippen MR) is 41.9 cm³/mol. The summed E-state index contributed by atoms with van der Waals surface area (Å²) in [4.78, 5) is 4.46. The zero-order chi connectivity index (χ0) is 11.0. The van der Waals surface area contributed by atoms with Gasteiger partial charge in [0.05, 0.1) is 6.20 Å². The SMILES string of the molecule is CC(C)(ON)c1cn[nH]c1C(F)(F)F. The molecule has 1 aromatic heterocycles. The van der Waals surface area contributed by atoms with Crippen LogP contribution in [0.25, 0.3) is 0 Å². The predicted octanol–water partition coefficient (Wildman–Crippen LogP) is 1.55. The Kier molecular flexibility index (Phi) is 2.55. The van der Waals surface area contributed by atoms with Gasteiger partial charge in [0.25, 0.3) is 0 Å². The zero-order valence-electron chi connectivity index (χ0n) is 7.64. The van der Waals surface area contributed by atoms with Crippen molar-refractivity contribution in [1.82, 2.24) is 10.2 Å². The van der Waals surface area contributed by atoms with Gasteiger partial charge in [0.15, 0.2) is 0 Å². The Bertz CT molecular complexity index is 318. The van der Waals surface area contributed by atoms with E-state index in [1.807, 2.05) is 5.10 Å². The minimum atomic E-state index is -4.48. The maximum Gasteiger partial charge on any atom is 0.433 e. The summed E-state index contributed by atoms with van der Waals surface area (Å²) in [6.45, 7) is 2.85. The van der Waals surface area contributed by atoms with E-state index >= 15 is 0 Å². The van der Waals surface area contributed by atoms with Crippen molar-refractivity contribution in [2.24, 2.45) is 5.90 Å². The number of aromatic nitrogens is 2. The highest BCUT2D eigenvalue weighted by Gasteiger charge is 2.40. The first kappa shape index (κ1) is 11.0. The average molecular weight is 209 g/mol. The Morgan fingerprint density at radius 3 is 2.43 bits per heavy atom. The fourth-order valence-corrected chi connectivity index (χ4v) is 1.02. The normalized spacial score (nSPS) is 13.3. The van der Waals surface area contributed by atoms with Crippen molar-refractivity contribution in [3.63, 3.8) is 0 Å². The second-order valence-corrected chi connectivity index (χ2v) is 3.28. The van der Waals surface area contributed by atoms with Crippen LogP contribution < -0.4 is 5.90 Å². The first-order valence-electron chi connectivity index (χ1n) is 3.78. The minimum Gasteiger partial charge on any atom is -0.294 e. The number of nitrogens with zero attached hydrogens (tertiary/aromatic N) is 1. The van der Waals surface area contributed by atoms with E-state index in [9.17, 15) is 13.2 Å². The number of nitrogens with one attached hydrogen (secondary N) is 1. The quantitative estimate of drug-likeness (QED) is 0.726. The lowest BCUT2D eigenvalue weighted by atomic mass is 9.99. The fourth-order valence-electron chi connectivity index (χ4n) is 1.02. The van der Waals surface area contributed by atoms with Crippen molar-refractivity contribution in [1.29, 1.82) is 0 Å². The molecule has 14 heavy (non-hydrogen) atoms. The molecule has 7 heteroatoms. The smallest absolute Gasteiger partial charge is 0.294 e. The van der Waals surface area contributed by atoms with Crippen LogP contribution in [0.1, 0.15) is 25.1 Å². The maximum absolute atomic E-state index is 12.4. The summed E-state index contributed by atoms with van der Waals surface area (Å²) >= 11 is 0. The van der Waals surface area contributed by atoms with Crippen LogP contribution in [0.3, 0.4) is 0 Å². The van der Waals surface area contributed by atoms with Crippen molar-refractivity contribution in [2.75, 3.05) is 0 Å². The highest BCUT2D eigenvalue weighted by molar-refractivity contribution is 5.25. The topological polar surface area (TPSA) is 63.9 Å². The Morgan fingerprint density at radius 1 is 1.43 bits per heavy atom. The largest absolute Gasteiger partial charge is 0.433 e. The van der Waals surface area contributed by atoms with Crippen LogP contribution >= 0.6 is 0 Å². The lowest BCUT2D eigenvalue weighted by Gasteiger charge is -2.22. The fraction of sp³-hybridized carbons (Fsp3) is 0.571. The average Bonchev–Trinajstić information content (AvgIpc) is 2.51. The number of H-pyrrole nitrogens is 1. The van der Waals surface area contributed by atoms with Crippen LogP contribution in [0.5, 0.6) is 0 Å². The lowest BCUT2D eigenvalue weighted by Crippen LogP contribution is -2.28. The van der Waals surface area contributed by atoms with E-state index in [-0.39, 0.29) is 5.56 Å². The number of hydrogen-bond acceptors (Lipinski definition) is 3. The van der Waals surface area contributed by atoms with Gasteiger partial charge in [-0.15, -0.1) is 0 Å². The molecule has 0 atom stereocenters. The molecule has 0 radical (unpaired) electrons. The van der Waals surface area contributed by atoms with E-state index in [4.69, 9.17) is 5.90 Å².